The van der Waals surface area contributed by atoms with Gasteiger partial charge in [-0.1, -0.05) is 43.1 Å². The fourth-order valence-corrected chi connectivity index (χ4v) is 3.30. The topological polar surface area (TPSA) is 95.7 Å². The van der Waals surface area contributed by atoms with Crippen LogP contribution in [-0.2, 0) is 0 Å². The van der Waals surface area contributed by atoms with E-state index in [9.17, 15) is 4.79 Å². The van der Waals surface area contributed by atoms with E-state index in [2.05, 4.69) is 15.5 Å². The average Bonchev–Trinajstić information content (AvgIpc) is 3.31. The third kappa shape index (κ3) is 4.85. The van der Waals surface area contributed by atoms with Gasteiger partial charge in [-0.3, -0.25) is 4.79 Å². The first-order valence-electron chi connectivity index (χ1n) is 10.4. The molecular weight excluding hydrogens is 410 g/mol. The number of carbonyl (C=O) groups excluding carboxylic acids is 1. The lowest BCUT2D eigenvalue weighted by atomic mass is 9.98. The number of methoxy groups -OCH3 is 3. The summed E-state index contributed by atoms with van der Waals surface area (Å²) in [6.45, 7) is 6.06. The lowest BCUT2D eigenvalue weighted by Crippen LogP contribution is -2.32. The highest BCUT2D eigenvalue weighted by Gasteiger charge is 2.27. The predicted molar refractivity (Wildman–Crippen MR) is 120 cm³/mol. The molecule has 1 aromatic heterocycles. The minimum Gasteiger partial charge on any atom is -0.493 e. The molecule has 3 aromatic rings. The van der Waals surface area contributed by atoms with Crippen molar-refractivity contribution in [2.45, 2.75) is 33.2 Å². The van der Waals surface area contributed by atoms with Crippen LogP contribution in [0.2, 0.25) is 0 Å². The number of carbonyl (C=O) groups is 1. The number of hydrogen-bond donors (Lipinski definition) is 1. The smallest absolute Gasteiger partial charge is 0.251 e. The molecule has 2 aromatic carbocycles. The molecule has 0 radical (unpaired) electrons. The van der Waals surface area contributed by atoms with Crippen LogP contribution in [0.3, 0.4) is 0 Å². The number of amides is 1. The molecule has 0 fully saturated rings. The molecule has 0 spiro atoms. The first-order valence-corrected chi connectivity index (χ1v) is 10.4. The molecule has 0 bridgehead atoms. The molecule has 32 heavy (non-hydrogen) atoms. The SMILES string of the molecule is CC[C@H](C)[C@H](NC(=O)c1ccc(C)cc1)c1nc(-c2cc(OC)c(OC)c(OC)c2)no1. The third-order valence-electron chi connectivity index (χ3n) is 5.44. The van der Waals surface area contributed by atoms with Gasteiger partial charge in [0.1, 0.15) is 6.04 Å². The maximum absolute atomic E-state index is 12.8. The van der Waals surface area contributed by atoms with Crippen LogP contribution in [0.15, 0.2) is 40.9 Å². The van der Waals surface area contributed by atoms with Gasteiger partial charge < -0.3 is 24.1 Å². The Morgan fingerprint density at radius 3 is 2.22 bits per heavy atom. The van der Waals surface area contributed by atoms with Gasteiger partial charge in [0.15, 0.2) is 11.5 Å². The van der Waals surface area contributed by atoms with E-state index in [-0.39, 0.29) is 11.8 Å². The Labute approximate surface area is 187 Å². The zero-order valence-corrected chi connectivity index (χ0v) is 19.3. The molecule has 8 heteroatoms. The van der Waals surface area contributed by atoms with Crippen molar-refractivity contribution in [3.8, 4) is 28.6 Å². The van der Waals surface area contributed by atoms with Gasteiger partial charge in [-0.15, -0.1) is 0 Å². The molecule has 3 rings (SSSR count). The van der Waals surface area contributed by atoms with Crippen molar-refractivity contribution in [2.24, 2.45) is 5.92 Å². The van der Waals surface area contributed by atoms with Crippen LogP contribution in [0.4, 0.5) is 0 Å². The summed E-state index contributed by atoms with van der Waals surface area (Å²) in [6, 6.07) is 10.5. The summed E-state index contributed by atoms with van der Waals surface area (Å²) in [7, 11) is 4.63. The van der Waals surface area contributed by atoms with E-state index in [1.54, 1.807) is 45.6 Å². The third-order valence-corrected chi connectivity index (χ3v) is 5.44. The summed E-state index contributed by atoms with van der Waals surface area (Å²) in [6.07, 6.45) is 0.820. The van der Waals surface area contributed by atoms with Crippen molar-refractivity contribution in [1.29, 1.82) is 0 Å². The van der Waals surface area contributed by atoms with Crippen molar-refractivity contribution in [3.05, 3.63) is 53.4 Å². The van der Waals surface area contributed by atoms with E-state index in [0.29, 0.717) is 40.1 Å². The monoisotopic (exact) mass is 439 g/mol. The maximum atomic E-state index is 12.8. The Balaban J connectivity index is 1.92. The molecule has 0 aliphatic heterocycles. The van der Waals surface area contributed by atoms with E-state index in [4.69, 9.17) is 18.7 Å². The molecule has 0 aliphatic carbocycles. The highest BCUT2D eigenvalue weighted by molar-refractivity contribution is 5.94. The van der Waals surface area contributed by atoms with Gasteiger partial charge in [0.2, 0.25) is 17.5 Å². The summed E-state index contributed by atoms with van der Waals surface area (Å²) >= 11 is 0. The molecule has 0 saturated heterocycles. The van der Waals surface area contributed by atoms with Gasteiger partial charge in [-0.2, -0.15) is 4.98 Å². The number of hydrogen-bond acceptors (Lipinski definition) is 7. The predicted octanol–water partition coefficient (Wildman–Crippen LogP) is 4.59. The van der Waals surface area contributed by atoms with Crippen molar-refractivity contribution in [1.82, 2.24) is 15.5 Å². The molecule has 0 saturated carbocycles. The van der Waals surface area contributed by atoms with E-state index < -0.39 is 6.04 Å². The van der Waals surface area contributed by atoms with Crippen LogP contribution >= 0.6 is 0 Å². The molecule has 1 N–H and O–H groups in total. The number of benzene rings is 2. The van der Waals surface area contributed by atoms with Gasteiger partial charge in [-0.05, 0) is 37.1 Å². The minimum atomic E-state index is -0.433. The highest BCUT2D eigenvalue weighted by atomic mass is 16.5. The van der Waals surface area contributed by atoms with E-state index >= 15 is 0 Å². The number of nitrogens with zero attached hydrogens (tertiary/aromatic N) is 2. The lowest BCUT2D eigenvalue weighted by Gasteiger charge is -2.20. The molecular formula is C24H29N3O5. The van der Waals surface area contributed by atoms with Crippen LogP contribution in [0.1, 0.15) is 48.1 Å². The molecule has 8 nitrogen and oxygen atoms in total. The van der Waals surface area contributed by atoms with Crippen LogP contribution in [0.25, 0.3) is 11.4 Å². The first kappa shape index (κ1) is 23.1. The van der Waals surface area contributed by atoms with Crippen molar-refractivity contribution in [2.75, 3.05) is 21.3 Å². The number of ether oxygens (including phenoxy) is 3. The second kappa shape index (κ2) is 10.2. The van der Waals surface area contributed by atoms with Gasteiger partial charge in [-0.25, -0.2) is 0 Å². The highest BCUT2D eigenvalue weighted by Crippen LogP contribution is 2.40. The quantitative estimate of drug-likeness (QED) is 0.521. The molecule has 0 aliphatic rings. The summed E-state index contributed by atoms with van der Waals surface area (Å²) in [5, 5.41) is 7.18. The maximum Gasteiger partial charge on any atom is 0.251 e. The largest absolute Gasteiger partial charge is 0.493 e. The van der Waals surface area contributed by atoms with Crippen LogP contribution in [-0.4, -0.2) is 37.4 Å². The Bertz CT molecular complexity index is 1040. The van der Waals surface area contributed by atoms with Crippen molar-refractivity contribution < 1.29 is 23.5 Å². The minimum absolute atomic E-state index is 0.0811. The second-order valence-corrected chi connectivity index (χ2v) is 7.57. The number of aromatic nitrogens is 2. The van der Waals surface area contributed by atoms with Gasteiger partial charge in [0.05, 0.1) is 21.3 Å². The second-order valence-electron chi connectivity index (χ2n) is 7.57. The van der Waals surface area contributed by atoms with E-state index in [0.717, 1.165) is 12.0 Å². The molecule has 0 unspecified atom stereocenters. The van der Waals surface area contributed by atoms with Gasteiger partial charge in [0, 0.05) is 11.1 Å². The van der Waals surface area contributed by atoms with Gasteiger partial charge in [0.25, 0.3) is 5.91 Å². The van der Waals surface area contributed by atoms with Crippen LogP contribution in [0, 0.1) is 12.8 Å². The summed E-state index contributed by atoms with van der Waals surface area (Å²) < 4.78 is 21.8. The molecule has 1 heterocycles. The van der Waals surface area contributed by atoms with Crippen molar-refractivity contribution >= 4 is 5.91 Å². The zero-order chi connectivity index (χ0) is 23.3. The van der Waals surface area contributed by atoms with Crippen molar-refractivity contribution in [3.63, 3.8) is 0 Å². The standard InChI is InChI=1S/C24H29N3O5/c1-7-15(3)20(25-23(28)16-10-8-14(2)9-11-16)24-26-22(27-32-24)17-12-18(29-4)21(31-6)19(13-17)30-5/h8-13,15,20H,7H2,1-6H3,(H,25,28)/t15-,20-/m0/s1. The summed E-state index contributed by atoms with van der Waals surface area (Å²) in [5.41, 5.74) is 2.31. The molecule has 1 amide bonds. The van der Waals surface area contributed by atoms with E-state index in [1.807, 2.05) is 32.9 Å². The Kier molecular flexibility index (Phi) is 7.35. The molecule has 170 valence electrons. The fraction of sp³-hybridized carbons (Fsp3) is 0.375. The average molecular weight is 440 g/mol. The zero-order valence-electron chi connectivity index (χ0n) is 19.3. The summed E-state index contributed by atoms with van der Waals surface area (Å²) in [4.78, 5) is 17.4. The number of rotatable bonds is 9. The first-order chi connectivity index (χ1) is 15.4. The number of aryl methyl sites for hydroxylation is 1. The van der Waals surface area contributed by atoms with Crippen LogP contribution < -0.4 is 19.5 Å². The molecule has 2 atom stereocenters. The van der Waals surface area contributed by atoms with E-state index in [1.165, 1.54) is 0 Å². The van der Waals surface area contributed by atoms with Gasteiger partial charge >= 0.3 is 0 Å². The fourth-order valence-electron chi connectivity index (χ4n) is 3.30. The lowest BCUT2D eigenvalue weighted by molar-refractivity contribution is 0.0910. The Hall–Kier alpha value is -3.55. The van der Waals surface area contributed by atoms with Crippen LogP contribution in [0.5, 0.6) is 17.2 Å². The Morgan fingerprint density at radius 1 is 1.06 bits per heavy atom. The normalized spacial score (nSPS) is 12.7. The Morgan fingerprint density at radius 2 is 1.69 bits per heavy atom. The summed E-state index contributed by atoms with van der Waals surface area (Å²) in [5.74, 6) is 2.03. The number of nitrogens with one attached hydrogen (secondary N) is 1.